The number of piperidine rings is 1. The molecule has 27 heavy (non-hydrogen) atoms. The highest BCUT2D eigenvalue weighted by Gasteiger charge is 2.41. The summed E-state index contributed by atoms with van der Waals surface area (Å²) in [6, 6.07) is 12.5. The number of unbranched alkanes of at least 4 members (excludes halogenated alkanes) is 1. The fourth-order valence-corrected chi connectivity index (χ4v) is 4.66. The Balaban J connectivity index is 0.000000817. The fraction of sp³-hybridized carbons (Fsp3) is 0.650. The minimum absolute atomic E-state index is 0.250. The van der Waals surface area contributed by atoms with Crippen LogP contribution in [0.2, 0.25) is 6.32 Å². The lowest BCUT2D eigenvalue weighted by Crippen LogP contribution is -2.46. The number of hydrogen-bond acceptors (Lipinski definition) is 6. The fourth-order valence-electron chi connectivity index (χ4n) is 4.66. The summed E-state index contributed by atoms with van der Waals surface area (Å²) in [5.74, 6) is 0.633. The first-order valence-electron chi connectivity index (χ1n) is 9.95. The van der Waals surface area contributed by atoms with E-state index < -0.39 is 7.12 Å². The van der Waals surface area contributed by atoms with Crippen LogP contribution < -0.4 is 5.73 Å². The van der Waals surface area contributed by atoms with Crippen molar-refractivity contribution < 1.29 is 19.6 Å². The topological polar surface area (TPSA) is 104 Å². The summed E-state index contributed by atoms with van der Waals surface area (Å²) < 4.78 is 0. The van der Waals surface area contributed by atoms with Gasteiger partial charge in [-0.25, -0.2) is 0 Å². The highest BCUT2D eigenvalue weighted by atomic mass is 16.4. The Bertz CT molecular complexity index is 567. The first-order valence-corrected chi connectivity index (χ1v) is 9.95. The van der Waals surface area contributed by atoms with E-state index in [0.29, 0.717) is 24.3 Å². The Morgan fingerprint density at radius 2 is 1.70 bits per heavy atom. The van der Waals surface area contributed by atoms with Gasteiger partial charge >= 0.3 is 13.3 Å². The molecule has 6 nitrogen and oxygen atoms in total. The molecule has 0 aromatic heterocycles. The van der Waals surface area contributed by atoms with Crippen molar-refractivity contribution >= 4 is 13.3 Å². The third kappa shape index (κ3) is 6.87. The summed E-state index contributed by atoms with van der Waals surface area (Å²) in [6.45, 7) is 1.08. The van der Waals surface area contributed by atoms with Crippen molar-refractivity contribution in [3.05, 3.63) is 35.9 Å². The van der Waals surface area contributed by atoms with Crippen LogP contribution in [0.25, 0.3) is 0 Å². The average Bonchev–Trinajstić information content (AvgIpc) is 2.88. The highest BCUT2D eigenvalue weighted by molar-refractivity contribution is 6.40. The van der Waals surface area contributed by atoms with Crippen LogP contribution in [0.1, 0.15) is 50.5 Å². The standard InChI is InChI=1S/C19H31BN2O2.CO2/c21-19(8-4-5-11-20(23)24)16-12-17-9-10-18(13-16)22(17)14-15-6-2-1-3-7-15;2-1-3/h1-3,6-7,16-19,23-24H,4-5,8-14,21H2;. The number of carbonyl (C=O) groups excluding carboxylic acids is 2. The Kier molecular flexibility index (Phi) is 9.18. The third-order valence-corrected chi connectivity index (χ3v) is 5.98. The van der Waals surface area contributed by atoms with Crippen LogP contribution in [0.5, 0.6) is 0 Å². The highest BCUT2D eigenvalue weighted by Crippen LogP contribution is 2.41. The Labute approximate surface area is 161 Å². The van der Waals surface area contributed by atoms with Crippen molar-refractivity contribution in [3.63, 3.8) is 0 Å². The van der Waals surface area contributed by atoms with Crippen molar-refractivity contribution in [1.82, 2.24) is 4.90 Å². The van der Waals surface area contributed by atoms with Gasteiger partial charge in [0.1, 0.15) is 0 Å². The van der Waals surface area contributed by atoms with Crippen LogP contribution >= 0.6 is 0 Å². The molecule has 0 spiro atoms. The van der Waals surface area contributed by atoms with Gasteiger partial charge in [-0.3, -0.25) is 4.90 Å². The number of benzene rings is 1. The zero-order chi connectivity index (χ0) is 19.6. The van der Waals surface area contributed by atoms with E-state index in [4.69, 9.17) is 25.4 Å². The van der Waals surface area contributed by atoms with E-state index in [1.807, 2.05) is 0 Å². The van der Waals surface area contributed by atoms with Gasteiger partial charge in [0.15, 0.2) is 0 Å². The van der Waals surface area contributed by atoms with Crippen LogP contribution in [-0.2, 0) is 16.1 Å². The molecular weight excluding hydrogens is 343 g/mol. The van der Waals surface area contributed by atoms with Crippen LogP contribution in [0, 0.1) is 5.92 Å². The Hall–Kier alpha value is -1.50. The smallest absolute Gasteiger partial charge is 0.427 e. The van der Waals surface area contributed by atoms with E-state index in [-0.39, 0.29) is 12.2 Å². The van der Waals surface area contributed by atoms with Gasteiger partial charge in [-0.15, -0.1) is 0 Å². The maximum absolute atomic E-state index is 8.91. The first-order chi connectivity index (χ1) is 13.0. The summed E-state index contributed by atoms with van der Waals surface area (Å²) in [5.41, 5.74) is 7.89. The number of rotatable bonds is 8. The predicted octanol–water partition coefficient (Wildman–Crippen LogP) is 1.82. The SMILES string of the molecule is NC(CCCCB(O)O)C1CC2CCC(C1)N2Cc1ccccc1.O=C=O. The summed E-state index contributed by atoms with van der Waals surface area (Å²) in [5, 5.41) is 17.8. The molecule has 0 saturated carbocycles. The van der Waals surface area contributed by atoms with Crippen LogP contribution in [-0.4, -0.2) is 46.3 Å². The van der Waals surface area contributed by atoms with Gasteiger partial charge in [-0.05, 0) is 49.9 Å². The molecule has 2 aliphatic heterocycles. The normalized spacial score (nSPS) is 25.2. The maximum atomic E-state index is 8.91. The molecule has 0 amide bonds. The molecule has 7 heteroatoms. The molecule has 1 aromatic rings. The Morgan fingerprint density at radius 1 is 1.11 bits per heavy atom. The first kappa shape index (κ1) is 21.8. The lowest BCUT2D eigenvalue weighted by molar-refractivity contribution is -0.191. The van der Waals surface area contributed by atoms with Crippen molar-refractivity contribution in [2.45, 2.75) is 75.9 Å². The second-order valence-corrected chi connectivity index (χ2v) is 7.79. The number of nitrogens with zero attached hydrogens (tertiary/aromatic N) is 1. The zero-order valence-electron chi connectivity index (χ0n) is 15.9. The van der Waals surface area contributed by atoms with Crippen LogP contribution in [0.15, 0.2) is 30.3 Å². The Morgan fingerprint density at radius 3 is 2.26 bits per heavy atom. The van der Waals surface area contributed by atoms with Crippen LogP contribution in [0.4, 0.5) is 0 Å². The molecule has 3 rings (SSSR count). The van der Waals surface area contributed by atoms with E-state index in [2.05, 4.69) is 35.2 Å². The zero-order valence-corrected chi connectivity index (χ0v) is 15.9. The molecule has 3 unspecified atom stereocenters. The second-order valence-electron chi connectivity index (χ2n) is 7.79. The molecule has 2 bridgehead atoms. The summed E-state index contributed by atoms with van der Waals surface area (Å²) >= 11 is 0. The van der Waals surface area contributed by atoms with Crippen molar-refractivity contribution in [1.29, 1.82) is 0 Å². The van der Waals surface area contributed by atoms with Gasteiger partial charge in [0.05, 0.1) is 0 Å². The van der Waals surface area contributed by atoms with Gasteiger partial charge in [0.2, 0.25) is 0 Å². The molecule has 3 atom stereocenters. The molecule has 0 radical (unpaired) electrons. The van der Waals surface area contributed by atoms with Gasteiger partial charge in [-0.2, -0.15) is 9.59 Å². The molecule has 0 aliphatic carbocycles. The summed E-state index contributed by atoms with van der Waals surface area (Å²) in [6.07, 6.45) is 8.67. The van der Waals surface area contributed by atoms with E-state index in [1.54, 1.807) is 0 Å². The summed E-state index contributed by atoms with van der Waals surface area (Å²) in [4.78, 5) is 19.0. The van der Waals surface area contributed by atoms with Crippen molar-refractivity contribution in [3.8, 4) is 0 Å². The quantitative estimate of drug-likeness (QED) is 0.474. The predicted molar refractivity (Wildman–Crippen MR) is 103 cm³/mol. The van der Waals surface area contributed by atoms with E-state index in [1.165, 1.54) is 31.2 Å². The molecule has 2 heterocycles. The van der Waals surface area contributed by atoms with Gasteiger partial charge in [0.25, 0.3) is 0 Å². The number of hydrogen-bond donors (Lipinski definition) is 3. The minimum Gasteiger partial charge on any atom is -0.427 e. The van der Waals surface area contributed by atoms with Crippen molar-refractivity contribution in [2.24, 2.45) is 11.7 Å². The molecule has 2 saturated heterocycles. The van der Waals surface area contributed by atoms with Crippen LogP contribution in [0.3, 0.4) is 0 Å². The monoisotopic (exact) mass is 374 g/mol. The third-order valence-electron chi connectivity index (χ3n) is 5.98. The molecule has 4 N–H and O–H groups in total. The van der Waals surface area contributed by atoms with Gasteiger partial charge < -0.3 is 15.8 Å². The average molecular weight is 374 g/mol. The molecule has 2 aliphatic rings. The number of fused-ring (bicyclic) bond motifs is 2. The minimum atomic E-state index is -1.17. The maximum Gasteiger partial charge on any atom is 0.451 e. The second kappa shape index (κ2) is 11.4. The summed E-state index contributed by atoms with van der Waals surface area (Å²) in [7, 11) is -1.17. The van der Waals surface area contributed by atoms with E-state index in [0.717, 1.165) is 25.8 Å². The van der Waals surface area contributed by atoms with E-state index in [9.17, 15) is 0 Å². The van der Waals surface area contributed by atoms with Crippen molar-refractivity contribution in [2.75, 3.05) is 0 Å². The van der Waals surface area contributed by atoms with Gasteiger partial charge in [0, 0.05) is 24.7 Å². The largest absolute Gasteiger partial charge is 0.451 e. The molecule has 148 valence electrons. The number of nitrogens with two attached hydrogens (primary N) is 1. The van der Waals surface area contributed by atoms with Gasteiger partial charge in [-0.1, -0.05) is 43.2 Å². The molecule has 1 aromatic carbocycles. The lowest BCUT2D eigenvalue weighted by atomic mass is 9.80. The van der Waals surface area contributed by atoms with E-state index >= 15 is 0 Å². The lowest BCUT2D eigenvalue weighted by Gasteiger charge is -2.41. The molecule has 2 fully saturated rings. The molecular formula is C20H31BN2O4.